The summed E-state index contributed by atoms with van der Waals surface area (Å²) in [5, 5.41) is 3.18. The topological polar surface area (TPSA) is 37.8 Å². The average molecular weight is 245 g/mol. The van der Waals surface area contributed by atoms with Gasteiger partial charge in [0.1, 0.15) is 18.0 Å². The van der Waals surface area contributed by atoms with Crippen molar-refractivity contribution in [1.29, 1.82) is 0 Å². The van der Waals surface area contributed by atoms with Crippen LogP contribution in [0.4, 0.5) is 10.2 Å². The third-order valence-electron chi connectivity index (χ3n) is 2.77. The summed E-state index contributed by atoms with van der Waals surface area (Å²) in [5.41, 5.74) is 2.14. The Bertz CT molecular complexity index is 540. The minimum Gasteiger partial charge on any atom is -0.370 e. The second-order valence-electron chi connectivity index (χ2n) is 3.91. The molecule has 0 aliphatic heterocycles. The number of aromatic nitrogens is 2. The maximum Gasteiger partial charge on any atom is 0.133 e. The number of hydrogen-bond donors (Lipinski definition) is 1. The molecule has 1 heterocycles. The zero-order chi connectivity index (χ0) is 13.0. The van der Waals surface area contributed by atoms with Gasteiger partial charge in [0.05, 0.1) is 5.69 Å². The largest absolute Gasteiger partial charge is 0.370 e. The normalized spacial score (nSPS) is 10.4. The summed E-state index contributed by atoms with van der Waals surface area (Å²) in [7, 11) is 0. The Morgan fingerprint density at radius 2 is 1.94 bits per heavy atom. The molecule has 2 rings (SSSR count). The Labute approximate surface area is 106 Å². The van der Waals surface area contributed by atoms with Crippen molar-refractivity contribution in [2.45, 2.75) is 20.3 Å². The third-order valence-corrected chi connectivity index (χ3v) is 2.77. The molecule has 0 aliphatic rings. The van der Waals surface area contributed by atoms with Gasteiger partial charge >= 0.3 is 0 Å². The van der Waals surface area contributed by atoms with Crippen molar-refractivity contribution in [1.82, 2.24) is 9.97 Å². The van der Waals surface area contributed by atoms with Crippen LogP contribution in [0.1, 0.15) is 19.4 Å². The Morgan fingerprint density at radius 1 is 1.17 bits per heavy atom. The number of nitrogens with zero attached hydrogens (tertiary/aromatic N) is 2. The van der Waals surface area contributed by atoms with Gasteiger partial charge in [-0.25, -0.2) is 14.4 Å². The lowest BCUT2D eigenvalue weighted by Crippen LogP contribution is -2.06. The molecule has 0 fully saturated rings. The van der Waals surface area contributed by atoms with Gasteiger partial charge in [0.25, 0.3) is 0 Å². The molecule has 0 unspecified atom stereocenters. The molecule has 1 aromatic carbocycles. The van der Waals surface area contributed by atoms with E-state index >= 15 is 0 Å². The average Bonchev–Trinajstić information content (AvgIpc) is 2.39. The maximum absolute atomic E-state index is 13.8. The van der Waals surface area contributed by atoms with Gasteiger partial charge in [0, 0.05) is 17.7 Å². The molecule has 3 nitrogen and oxygen atoms in total. The number of rotatable bonds is 4. The quantitative estimate of drug-likeness (QED) is 0.898. The standard InChI is InChI=1S/C14H16FN3/c1-3-10-13(11-7-5-6-8-12(11)15)17-9-18-14(10)16-4-2/h5-9H,3-4H2,1-2H3,(H,16,17,18). The monoisotopic (exact) mass is 245 g/mol. The van der Waals surface area contributed by atoms with Crippen LogP contribution in [0.2, 0.25) is 0 Å². The highest BCUT2D eigenvalue weighted by Gasteiger charge is 2.13. The van der Waals surface area contributed by atoms with Gasteiger partial charge < -0.3 is 5.32 Å². The van der Waals surface area contributed by atoms with E-state index in [4.69, 9.17) is 0 Å². The summed E-state index contributed by atoms with van der Waals surface area (Å²) < 4.78 is 13.8. The summed E-state index contributed by atoms with van der Waals surface area (Å²) in [4.78, 5) is 8.44. The van der Waals surface area contributed by atoms with Crippen LogP contribution in [-0.4, -0.2) is 16.5 Å². The Morgan fingerprint density at radius 3 is 2.61 bits per heavy atom. The second kappa shape index (κ2) is 5.58. The van der Waals surface area contributed by atoms with E-state index in [1.54, 1.807) is 12.1 Å². The molecule has 0 saturated heterocycles. The van der Waals surface area contributed by atoms with Gasteiger partial charge in [-0.05, 0) is 25.5 Å². The van der Waals surface area contributed by atoms with Crippen LogP contribution in [-0.2, 0) is 6.42 Å². The molecule has 0 spiro atoms. The first-order chi connectivity index (χ1) is 8.77. The molecular weight excluding hydrogens is 229 g/mol. The molecule has 0 aliphatic carbocycles. The van der Waals surface area contributed by atoms with Crippen LogP contribution >= 0.6 is 0 Å². The summed E-state index contributed by atoms with van der Waals surface area (Å²) in [6.45, 7) is 4.80. The Kier molecular flexibility index (Phi) is 3.87. The van der Waals surface area contributed by atoms with E-state index in [0.29, 0.717) is 11.3 Å². The zero-order valence-corrected chi connectivity index (χ0v) is 10.6. The molecule has 18 heavy (non-hydrogen) atoms. The summed E-state index contributed by atoms with van der Waals surface area (Å²) >= 11 is 0. The SMILES string of the molecule is CCNc1ncnc(-c2ccccc2F)c1CC. The van der Waals surface area contributed by atoms with E-state index < -0.39 is 0 Å². The first-order valence-electron chi connectivity index (χ1n) is 6.10. The van der Waals surface area contributed by atoms with Crippen LogP contribution in [0.3, 0.4) is 0 Å². The van der Waals surface area contributed by atoms with Crippen molar-refractivity contribution >= 4 is 5.82 Å². The second-order valence-corrected chi connectivity index (χ2v) is 3.91. The van der Waals surface area contributed by atoms with E-state index in [1.807, 2.05) is 19.9 Å². The molecule has 4 heteroatoms. The molecule has 0 atom stereocenters. The Hall–Kier alpha value is -1.97. The van der Waals surface area contributed by atoms with E-state index in [0.717, 1.165) is 24.3 Å². The number of nitrogens with one attached hydrogen (secondary N) is 1. The fourth-order valence-corrected chi connectivity index (χ4v) is 1.95. The highest BCUT2D eigenvalue weighted by molar-refractivity contribution is 5.68. The van der Waals surface area contributed by atoms with E-state index in [9.17, 15) is 4.39 Å². The van der Waals surface area contributed by atoms with Gasteiger partial charge in [-0.15, -0.1) is 0 Å². The molecule has 1 aromatic heterocycles. The molecule has 0 amide bonds. The Balaban J connectivity index is 2.57. The van der Waals surface area contributed by atoms with Gasteiger partial charge in [-0.2, -0.15) is 0 Å². The predicted octanol–water partition coefficient (Wildman–Crippen LogP) is 3.28. The highest BCUT2D eigenvalue weighted by Crippen LogP contribution is 2.27. The van der Waals surface area contributed by atoms with Gasteiger partial charge in [-0.1, -0.05) is 19.1 Å². The third kappa shape index (κ3) is 2.32. The number of hydrogen-bond acceptors (Lipinski definition) is 3. The van der Waals surface area contributed by atoms with E-state index in [-0.39, 0.29) is 5.82 Å². The molecule has 2 aromatic rings. The van der Waals surface area contributed by atoms with Crippen molar-refractivity contribution in [2.24, 2.45) is 0 Å². The first kappa shape index (κ1) is 12.5. The lowest BCUT2D eigenvalue weighted by atomic mass is 10.0. The van der Waals surface area contributed by atoms with Gasteiger partial charge in [-0.3, -0.25) is 0 Å². The first-order valence-corrected chi connectivity index (χ1v) is 6.10. The van der Waals surface area contributed by atoms with Crippen LogP contribution in [0.15, 0.2) is 30.6 Å². The number of halogens is 1. The van der Waals surface area contributed by atoms with E-state index in [1.165, 1.54) is 12.4 Å². The molecule has 0 bridgehead atoms. The minimum absolute atomic E-state index is 0.256. The summed E-state index contributed by atoms with van der Waals surface area (Å²) in [6, 6.07) is 6.68. The van der Waals surface area contributed by atoms with Gasteiger partial charge in [0.15, 0.2) is 0 Å². The van der Waals surface area contributed by atoms with Crippen LogP contribution < -0.4 is 5.32 Å². The molecule has 94 valence electrons. The van der Waals surface area contributed by atoms with Gasteiger partial charge in [0.2, 0.25) is 0 Å². The lowest BCUT2D eigenvalue weighted by Gasteiger charge is -2.12. The minimum atomic E-state index is -0.256. The number of benzene rings is 1. The fourth-order valence-electron chi connectivity index (χ4n) is 1.95. The van der Waals surface area contributed by atoms with Crippen molar-refractivity contribution in [2.75, 3.05) is 11.9 Å². The summed E-state index contributed by atoms with van der Waals surface area (Å²) in [5.74, 6) is 0.529. The van der Waals surface area contributed by atoms with Crippen molar-refractivity contribution in [3.05, 3.63) is 42.0 Å². The molecule has 0 saturated carbocycles. The smallest absolute Gasteiger partial charge is 0.133 e. The predicted molar refractivity (Wildman–Crippen MR) is 71.0 cm³/mol. The van der Waals surface area contributed by atoms with Crippen molar-refractivity contribution in [3.8, 4) is 11.3 Å². The van der Waals surface area contributed by atoms with Crippen molar-refractivity contribution in [3.63, 3.8) is 0 Å². The molecule has 1 N–H and O–H groups in total. The highest BCUT2D eigenvalue weighted by atomic mass is 19.1. The van der Waals surface area contributed by atoms with Crippen LogP contribution in [0.5, 0.6) is 0 Å². The zero-order valence-electron chi connectivity index (χ0n) is 10.6. The van der Waals surface area contributed by atoms with Crippen molar-refractivity contribution < 1.29 is 4.39 Å². The fraction of sp³-hybridized carbons (Fsp3) is 0.286. The van der Waals surface area contributed by atoms with Crippen LogP contribution in [0, 0.1) is 5.82 Å². The van der Waals surface area contributed by atoms with E-state index in [2.05, 4.69) is 15.3 Å². The lowest BCUT2D eigenvalue weighted by molar-refractivity contribution is 0.630. The maximum atomic E-state index is 13.8. The van der Waals surface area contributed by atoms with Crippen LogP contribution in [0.25, 0.3) is 11.3 Å². The molecular formula is C14H16FN3. The summed E-state index contributed by atoms with van der Waals surface area (Å²) in [6.07, 6.45) is 2.23. The molecule has 0 radical (unpaired) electrons. The number of anilines is 1.